The van der Waals surface area contributed by atoms with Crippen molar-refractivity contribution in [2.24, 2.45) is 0 Å². The summed E-state index contributed by atoms with van der Waals surface area (Å²) in [5.41, 5.74) is 0. The highest BCUT2D eigenvalue weighted by molar-refractivity contribution is 9.10. The summed E-state index contributed by atoms with van der Waals surface area (Å²) in [6.45, 7) is 0.408. The van der Waals surface area contributed by atoms with E-state index in [-0.39, 0.29) is 0 Å². The van der Waals surface area contributed by atoms with E-state index in [1.807, 2.05) is 0 Å². The molecular formula is C6H8BrNO2. The van der Waals surface area contributed by atoms with Crippen LogP contribution in [-0.4, -0.2) is 17.3 Å². The third kappa shape index (κ3) is 2.13. The fraction of sp³-hybridized carbons (Fsp3) is 0.333. The Labute approximate surface area is 67.3 Å². The largest absolute Gasteiger partial charge is 0.453 e. The zero-order valence-electron chi connectivity index (χ0n) is 5.54. The Morgan fingerprint density at radius 3 is 2.80 bits per heavy atom. The zero-order valence-corrected chi connectivity index (χ0v) is 7.13. The van der Waals surface area contributed by atoms with Gasteiger partial charge in [-0.3, -0.25) is 0 Å². The Hall–Kier alpha value is -0.320. The first-order valence-electron chi connectivity index (χ1n) is 2.82. The van der Waals surface area contributed by atoms with Crippen LogP contribution in [0.1, 0.15) is 5.76 Å². The Kier molecular flexibility index (Phi) is 2.48. The van der Waals surface area contributed by atoms with E-state index in [0.29, 0.717) is 11.2 Å². The minimum atomic E-state index is 0.408. The van der Waals surface area contributed by atoms with Crippen LogP contribution in [0.15, 0.2) is 21.2 Å². The normalized spacial score (nSPS) is 10.8. The van der Waals surface area contributed by atoms with E-state index < -0.39 is 0 Å². The Balaban J connectivity index is 2.58. The van der Waals surface area contributed by atoms with Crippen LogP contribution in [0.2, 0.25) is 0 Å². The lowest BCUT2D eigenvalue weighted by Gasteiger charge is -2.03. The van der Waals surface area contributed by atoms with Gasteiger partial charge in [0.1, 0.15) is 5.76 Å². The average Bonchev–Trinajstić information content (AvgIpc) is 2.13. The van der Waals surface area contributed by atoms with Gasteiger partial charge in [0.25, 0.3) is 0 Å². The highest BCUT2D eigenvalue weighted by atomic mass is 79.9. The Bertz CT molecular complexity index is 209. The van der Waals surface area contributed by atoms with Crippen LogP contribution in [0.25, 0.3) is 0 Å². The van der Waals surface area contributed by atoms with Gasteiger partial charge in [0.2, 0.25) is 0 Å². The highest BCUT2D eigenvalue weighted by Gasteiger charge is 2.00. The molecular weight excluding hydrogens is 198 g/mol. The van der Waals surface area contributed by atoms with Crippen LogP contribution in [-0.2, 0) is 6.54 Å². The molecule has 0 aliphatic carbocycles. The van der Waals surface area contributed by atoms with E-state index in [0.717, 1.165) is 10.8 Å². The number of nitrogens with zero attached hydrogens (tertiary/aromatic N) is 1. The molecule has 0 aromatic carbocycles. The molecule has 3 nitrogen and oxygen atoms in total. The van der Waals surface area contributed by atoms with Crippen molar-refractivity contribution in [3.05, 3.63) is 22.6 Å². The summed E-state index contributed by atoms with van der Waals surface area (Å²) < 4.78 is 5.79. The van der Waals surface area contributed by atoms with E-state index in [1.54, 1.807) is 19.2 Å². The standard InChI is InChI=1S/C6H8BrNO2/c1-8(9)4-5-2-3-6(7)10-5/h2-3,9H,4H2,1H3. The van der Waals surface area contributed by atoms with E-state index in [9.17, 15) is 0 Å². The molecule has 56 valence electrons. The number of hydroxylamine groups is 2. The fourth-order valence-corrected chi connectivity index (χ4v) is 1.00. The summed E-state index contributed by atoms with van der Waals surface area (Å²) in [5, 5.41) is 9.83. The topological polar surface area (TPSA) is 36.6 Å². The van der Waals surface area contributed by atoms with Crippen LogP contribution in [0, 0.1) is 0 Å². The van der Waals surface area contributed by atoms with Crippen molar-refractivity contribution in [1.29, 1.82) is 0 Å². The molecule has 0 amide bonds. The van der Waals surface area contributed by atoms with Crippen molar-refractivity contribution in [2.75, 3.05) is 7.05 Å². The lowest BCUT2D eigenvalue weighted by atomic mass is 10.4. The van der Waals surface area contributed by atoms with Crippen LogP contribution in [0.3, 0.4) is 0 Å². The van der Waals surface area contributed by atoms with E-state index in [2.05, 4.69) is 15.9 Å². The third-order valence-electron chi connectivity index (χ3n) is 1.01. The van der Waals surface area contributed by atoms with Crippen molar-refractivity contribution in [3.8, 4) is 0 Å². The number of hydrogen-bond acceptors (Lipinski definition) is 3. The van der Waals surface area contributed by atoms with Crippen molar-refractivity contribution in [3.63, 3.8) is 0 Å². The Morgan fingerprint density at radius 2 is 2.40 bits per heavy atom. The predicted octanol–water partition coefficient (Wildman–Crippen LogP) is 1.86. The van der Waals surface area contributed by atoms with E-state index in [1.165, 1.54) is 0 Å². The summed E-state index contributed by atoms with van der Waals surface area (Å²) in [7, 11) is 1.57. The molecule has 1 aromatic heterocycles. The fourth-order valence-electron chi connectivity index (χ4n) is 0.662. The maximum atomic E-state index is 8.77. The second kappa shape index (κ2) is 3.18. The van der Waals surface area contributed by atoms with Gasteiger partial charge >= 0.3 is 0 Å². The van der Waals surface area contributed by atoms with Crippen molar-refractivity contribution >= 4 is 15.9 Å². The Morgan fingerprint density at radius 1 is 1.70 bits per heavy atom. The summed E-state index contributed by atoms with van der Waals surface area (Å²) in [6, 6.07) is 3.59. The van der Waals surface area contributed by atoms with Gasteiger partial charge in [-0.1, -0.05) is 0 Å². The maximum Gasteiger partial charge on any atom is 0.169 e. The molecule has 4 heteroatoms. The summed E-state index contributed by atoms with van der Waals surface area (Å²) >= 11 is 3.16. The second-order valence-corrected chi connectivity index (χ2v) is 2.80. The van der Waals surface area contributed by atoms with Crippen LogP contribution in [0.5, 0.6) is 0 Å². The summed E-state index contributed by atoms with van der Waals surface area (Å²) in [5.74, 6) is 0.733. The molecule has 0 saturated carbocycles. The molecule has 0 saturated heterocycles. The summed E-state index contributed by atoms with van der Waals surface area (Å²) in [4.78, 5) is 0. The van der Waals surface area contributed by atoms with Crippen LogP contribution < -0.4 is 0 Å². The van der Waals surface area contributed by atoms with Gasteiger partial charge in [0, 0.05) is 7.05 Å². The van der Waals surface area contributed by atoms with Gasteiger partial charge in [0.15, 0.2) is 4.67 Å². The second-order valence-electron chi connectivity index (χ2n) is 2.02. The molecule has 1 aromatic rings. The predicted molar refractivity (Wildman–Crippen MR) is 39.7 cm³/mol. The smallest absolute Gasteiger partial charge is 0.169 e. The van der Waals surface area contributed by atoms with Crippen molar-refractivity contribution < 1.29 is 9.62 Å². The van der Waals surface area contributed by atoms with Gasteiger partial charge in [-0.05, 0) is 28.1 Å². The van der Waals surface area contributed by atoms with Gasteiger partial charge in [-0.15, -0.1) is 0 Å². The molecule has 10 heavy (non-hydrogen) atoms. The molecule has 0 aliphatic rings. The van der Waals surface area contributed by atoms with Gasteiger partial charge < -0.3 is 9.62 Å². The lowest BCUT2D eigenvalue weighted by Crippen LogP contribution is -2.10. The van der Waals surface area contributed by atoms with E-state index in [4.69, 9.17) is 9.62 Å². The van der Waals surface area contributed by atoms with Crippen molar-refractivity contribution in [1.82, 2.24) is 5.06 Å². The molecule has 0 spiro atoms. The number of rotatable bonds is 2. The van der Waals surface area contributed by atoms with Crippen LogP contribution in [0.4, 0.5) is 0 Å². The molecule has 0 unspecified atom stereocenters. The molecule has 1 heterocycles. The van der Waals surface area contributed by atoms with Gasteiger partial charge in [0.05, 0.1) is 6.54 Å². The zero-order chi connectivity index (χ0) is 7.56. The molecule has 0 aliphatic heterocycles. The first kappa shape index (κ1) is 7.78. The minimum Gasteiger partial charge on any atom is -0.453 e. The summed E-state index contributed by atoms with van der Waals surface area (Å²) in [6.07, 6.45) is 0. The molecule has 0 fully saturated rings. The number of furan rings is 1. The lowest BCUT2D eigenvalue weighted by molar-refractivity contribution is -0.0775. The maximum absolute atomic E-state index is 8.77. The van der Waals surface area contributed by atoms with Crippen molar-refractivity contribution in [2.45, 2.75) is 6.54 Å². The monoisotopic (exact) mass is 205 g/mol. The number of halogens is 1. The first-order chi connectivity index (χ1) is 4.68. The third-order valence-corrected chi connectivity index (χ3v) is 1.44. The first-order valence-corrected chi connectivity index (χ1v) is 3.62. The van der Waals surface area contributed by atoms with E-state index >= 15 is 0 Å². The molecule has 1 rings (SSSR count). The SMILES string of the molecule is CN(O)Cc1ccc(Br)o1. The average molecular weight is 206 g/mol. The quantitative estimate of drug-likeness (QED) is 0.750. The molecule has 0 atom stereocenters. The minimum absolute atomic E-state index is 0.408. The highest BCUT2D eigenvalue weighted by Crippen LogP contribution is 2.14. The number of hydrogen-bond donors (Lipinski definition) is 1. The van der Waals surface area contributed by atoms with Gasteiger partial charge in [-0.25, -0.2) is 0 Å². The van der Waals surface area contributed by atoms with Crippen LogP contribution >= 0.6 is 15.9 Å². The molecule has 1 N–H and O–H groups in total. The molecule has 0 radical (unpaired) electrons. The molecule has 0 bridgehead atoms. The van der Waals surface area contributed by atoms with Gasteiger partial charge in [-0.2, -0.15) is 5.06 Å².